The molecule has 0 radical (unpaired) electrons. The maximum absolute atomic E-state index is 12.2. The third kappa shape index (κ3) is 2.29. The largest absolute Gasteiger partial charge is 0.382 e. The number of nitrogens with zero attached hydrogens (tertiary/aromatic N) is 4. The van der Waals surface area contributed by atoms with Crippen LogP contribution in [0.2, 0.25) is 0 Å². The summed E-state index contributed by atoms with van der Waals surface area (Å²) in [5, 5.41) is 0. The van der Waals surface area contributed by atoms with Crippen LogP contribution in [0.25, 0.3) is 16.9 Å². The third-order valence-electron chi connectivity index (χ3n) is 4.28. The van der Waals surface area contributed by atoms with Crippen LogP contribution in [0, 0.1) is 13.8 Å². The zero-order valence-electron chi connectivity index (χ0n) is 13.8. The third-order valence-corrected chi connectivity index (χ3v) is 4.28. The van der Waals surface area contributed by atoms with Crippen molar-refractivity contribution in [3.63, 3.8) is 0 Å². The highest BCUT2D eigenvalue weighted by Crippen LogP contribution is 2.20. The highest BCUT2D eigenvalue weighted by Gasteiger charge is 2.20. The fourth-order valence-electron chi connectivity index (χ4n) is 2.91. The topological polar surface area (TPSA) is 86.3 Å². The first-order chi connectivity index (χ1) is 11.0. The lowest BCUT2D eigenvalue weighted by atomic mass is 10.3. The molecule has 1 N–H and O–H groups in total. The van der Waals surface area contributed by atoms with Crippen LogP contribution in [0.3, 0.4) is 0 Å². The predicted octanol–water partition coefficient (Wildman–Crippen LogP) is 0.719. The molecule has 3 heterocycles. The molecule has 3 rings (SSSR count). The first-order valence-electron chi connectivity index (χ1n) is 7.72. The van der Waals surface area contributed by atoms with Gasteiger partial charge in [-0.05, 0) is 27.2 Å². The number of hydrogen-bond donors (Lipinski definition) is 1. The van der Waals surface area contributed by atoms with E-state index in [0.29, 0.717) is 30.2 Å². The maximum atomic E-state index is 12.2. The van der Waals surface area contributed by atoms with E-state index in [-0.39, 0.29) is 0 Å². The normalized spacial score (nSPS) is 11.8. The van der Waals surface area contributed by atoms with E-state index < -0.39 is 11.2 Å². The molecule has 0 aliphatic heterocycles. The molecule has 0 amide bonds. The van der Waals surface area contributed by atoms with Crippen molar-refractivity contribution in [2.24, 2.45) is 7.05 Å². The number of ether oxygens (including phenoxy) is 1. The summed E-state index contributed by atoms with van der Waals surface area (Å²) in [7, 11) is 1.61. The average molecular weight is 319 g/mol. The molecule has 0 saturated heterocycles. The number of nitrogens with one attached hydrogen (secondary N) is 1. The molecule has 0 aromatic carbocycles. The maximum Gasteiger partial charge on any atom is 0.329 e. The quantitative estimate of drug-likeness (QED) is 0.702. The van der Waals surface area contributed by atoms with E-state index in [1.54, 1.807) is 7.05 Å². The molecule has 124 valence electrons. The SMILES string of the molecule is CCOCCCn1c(C)c(C)n2c3c(=O)[nH]c(=O)n(C)c3nc12. The smallest absolute Gasteiger partial charge is 0.329 e. The summed E-state index contributed by atoms with van der Waals surface area (Å²) in [6, 6.07) is 0. The number of rotatable bonds is 5. The summed E-state index contributed by atoms with van der Waals surface area (Å²) in [4.78, 5) is 30.9. The fourth-order valence-corrected chi connectivity index (χ4v) is 2.91. The molecule has 0 atom stereocenters. The molecule has 8 heteroatoms. The van der Waals surface area contributed by atoms with E-state index in [1.807, 2.05) is 25.2 Å². The van der Waals surface area contributed by atoms with Crippen LogP contribution in [0.15, 0.2) is 9.59 Å². The average Bonchev–Trinajstić information content (AvgIpc) is 3.01. The van der Waals surface area contributed by atoms with Gasteiger partial charge in [0.1, 0.15) is 0 Å². The number of imidazole rings is 2. The Balaban J connectivity index is 2.23. The van der Waals surface area contributed by atoms with Crippen LogP contribution in [0.5, 0.6) is 0 Å². The lowest BCUT2D eigenvalue weighted by Crippen LogP contribution is -2.28. The van der Waals surface area contributed by atoms with Gasteiger partial charge in [-0.1, -0.05) is 0 Å². The van der Waals surface area contributed by atoms with Crippen LogP contribution < -0.4 is 11.2 Å². The van der Waals surface area contributed by atoms with Gasteiger partial charge < -0.3 is 9.30 Å². The first kappa shape index (κ1) is 15.5. The Hall–Kier alpha value is -2.35. The molecule has 23 heavy (non-hydrogen) atoms. The molecule has 0 aliphatic carbocycles. The zero-order valence-corrected chi connectivity index (χ0v) is 13.8. The Bertz CT molecular complexity index is 989. The lowest BCUT2D eigenvalue weighted by Gasteiger charge is -2.06. The van der Waals surface area contributed by atoms with Crippen molar-refractivity contribution in [1.29, 1.82) is 0 Å². The van der Waals surface area contributed by atoms with E-state index >= 15 is 0 Å². The Morgan fingerprint density at radius 2 is 1.96 bits per heavy atom. The summed E-state index contributed by atoms with van der Waals surface area (Å²) in [5.74, 6) is 0.679. The van der Waals surface area contributed by atoms with E-state index in [2.05, 4.69) is 14.5 Å². The molecule has 0 spiro atoms. The predicted molar refractivity (Wildman–Crippen MR) is 87.1 cm³/mol. The van der Waals surface area contributed by atoms with Crippen molar-refractivity contribution in [1.82, 2.24) is 23.5 Å². The molecule has 0 aliphatic rings. The van der Waals surface area contributed by atoms with E-state index in [9.17, 15) is 9.59 Å². The fraction of sp³-hybridized carbons (Fsp3) is 0.533. The molecular weight excluding hydrogens is 298 g/mol. The highest BCUT2D eigenvalue weighted by molar-refractivity contribution is 5.76. The molecule has 0 bridgehead atoms. The van der Waals surface area contributed by atoms with Crippen LogP contribution >= 0.6 is 0 Å². The minimum atomic E-state index is -0.458. The van der Waals surface area contributed by atoms with Gasteiger partial charge in [0.2, 0.25) is 5.78 Å². The molecule has 0 fully saturated rings. The number of aryl methyl sites for hydroxylation is 3. The van der Waals surface area contributed by atoms with Crippen molar-refractivity contribution < 1.29 is 4.74 Å². The van der Waals surface area contributed by atoms with Gasteiger partial charge in [0.15, 0.2) is 11.2 Å². The summed E-state index contributed by atoms with van der Waals surface area (Å²) in [6.45, 7) is 8.05. The Morgan fingerprint density at radius 1 is 1.22 bits per heavy atom. The number of H-pyrrole nitrogens is 1. The Kier molecular flexibility index (Phi) is 3.85. The summed E-state index contributed by atoms with van der Waals surface area (Å²) >= 11 is 0. The number of hydrogen-bond acceptors (Lipinski definition) is 4. The minimum Gasteiger partial charge on any atom is -0.382 e. The molecule has 0 saturated carbocycles. The van der Waals surface area contributed by atoms with E-state index in [4.69, 9.17) is 4.74 Å². The van der Waals surface area contributed by atoms with E-state index in [1.165, 1.54) is 4.57 Å². The van der Waals surface area contributed by atoms with Crippen molar-refractivity contribution in [3.8, 4) is 0 Å². The Labute approximate surface area is 132 Å². The van der Waals surface area contributed by atoms with Crippen LogP contribution in [0.4, 0.5) is 0 Å². The molecule has 0 unspecified atom stereocenters. The number of aromatic nitrogens is 5. The summed E-state index contributed by atoms with van der Waals surface area (Å²) < 4.78 is 10.6. The highest BCUT2D eigenvalue weighted by atomic mass is 16.5. The van der Waals surface area contributed by atoms with Crippen molar-refractivity contribution in [2.45, 2.75) is 33.7 Å². The second-order valence-electron chi connectivity index (χ2n) is 5.61. The molecule has 3 aromatic rings. The van der Waals surface area contributed by atoms with E-state index in [0.717, 1.165) is 24.4 Å². The summed E-state index contributed by atoms with van der Waals surface area (Å²) in [5.41, 5.74) is 1.94. The Morgan fingerprint density at radius 3 is 2.65 bits per heavy atom. The summed E-state index contributed by atoms with van der Waals surface area (Å²) in [6.07, 6.45) is 0.858. The lowest BCUT2D eigenvalue weighted by molar-refractivity contribution is 0.142. The molecule has 3 aromatic heterocycles. The van der Waals surface area contributed by atoms with Gasteiger partial charge in [-0.3, -0.25) is 18.7 Å². The molecule has 8 nitrogen and oxygen atoms in total. The van der Waals surface area contributed by atoms with Gasteiger partial charge in [-0.2, -0.15) is 4.98 Å². The van der Waals surface area contributed by atoms with Gasteiger partial charge in [-0.25, -0.2) is 4.79 Å². The van der Waals surface area contributed by atoms with Crippen molar-refractivity contribution in [3.05, 3.63) is 32.2 Å². The monoisotopic (exact) mass is 319 g/mol. The number of fused-ring (bicyclic) bond motifs is 3. The minimum absolute atomic E-state index is 0.399. The van der Waals surface area contributed by atoms with Gasteiger partial charge in [0.05, 0.1) is 0 Å². The first-order valence-corrected chi connectivity index (χ1v) is 7.72. The van der Waals surface area contributed by atoms with Gasteiger partial charge in [0.25, 0.3) is 5.56 Å². The van der Waals surface area contributed by atoms with Crippen LogP contribution in [-0.2, 0) is 18.3 Å². The van der Waals surface area contributed by atoms with Crippen molar-refractivity contribution >= 4 is 16.9 Å². The molecular formula is C15H21N5O3. The van der Waals surface area contributed by atoms with Gasteiger partial charge in [-0.15, -0.1) is 0 Å². The van der Waals surface area contributed by atoms with Gasteiger partial charge in [0, 0.05) is 38.2 Å². The number of aromatic amines is 1. The van der Waals surface area contributed by atoms with Crippen LogP contribution in [-0.4, -0.2) is 36.7 Å². The second-order valence-corrected chi connectivity index (χ2v) is 5.61. The van der Waals surface area contributed by atoms with Crippen LogP contribution in [0.1, 0.15) is 24.7 Å². The standard InChI is InChI=1S/C15H21N5O3/c1-5-23-8-6-7-19-9(2)10(3)20-11-12(16-14(19)20)18(4)15(22)17-13(11)21/h5-8H2,1-4H3,(H,17,21,22). The zero-order chi connectivity index (χ0) is 16.7. The van der Waals surface area contributed by atoms with Crippen molar-refractivity contribution in [2.75, 3.05) is 13.2 Å². The van der Waals surface area contributed by atoms with Gasteiger partial charge >= 0.3 is 5.69 Å². The second kappa shape index (κ2) is 5.69.